The van der Waals surface area contributed by atoms with Crippen molar-refractivity contribution in [3.63, 3.8) is 0 Å². The summed E-state index contributed by atoms with van der Waals surface area (Å²) in [4.78, 5) is 12.0. The molecule has 0 spiro atoms. The molecule has 0 aliphatic rings. The van der Waals surface area contributed by atoms with Crippen LogP contribution in [0, 0.1) is 5.92 Å². The van der Waals surface area contributed by atoms with Crippen LogP contribution in [0.4, 0.5) is 0 Å². The number of benzene rings is 1. The van der Waals surface area contributed by atoms with Gasteiger partial charge in [-0.2, -0.15) is 0 Å². The second-order valence-electron chi connectivity index (χ2n) is 4.25. The van der Waals surface area contributed by atoms with E-state index in [-0.39, 0.29) is 17.1 Å². The molecule has 0 aliphatic heterocycles. The topological polar surface area (TPSA) is 17.1 Å². The number of carbonyl (C=O) groups excluding carboxylic acids is 1. The van der Waals surface area contributed by atoms with Gasteiger partial charge < -0.3 is 0 Å². The maximum absolute atomic E-state index is 12.0. The number of hydrogen-bond donors (Lipinski definition) is 0. The van der Waals surface area contributed by atoms with Crippen LogP contribution in [0.2, 0.25) is 0 Å². The van der Waals surface area contributed by atoms with E-state index in [1.165, 1.54) is 0 Å². The van der Waals surface area contributed by atoms with E-state index < -0.39 is 0 Å². The van der Waals surface area contributed by atoms with Gasteiger partial charge in [-0.1, -0.05) is 50.6 Å². The van der Waals surface area contributed by atoms with Gasteiger partial charge in [0.15, 0.2) is 5.78 Å². The minimum absolute atomic E-state index is 0.0106. The smallest absolute Gasteiger partial charge is 0.165 e. The van der Waals surface area contributed by atoms with Gasteiger partial charge in [-0.15, -0.1) is 11.6 Å². The van der Waals surface area contributed by atoms with E-state index in [2.05, 4.69) is 6.92 Å². The summed E-state index contributed by atoms with van der Waals surface area (Å²) >= 11 is 6.16. The zero-order chi connectivity index (χ0) is 12.0. The van der Waals surface area contributed by atoms with Crippen LogP contribution in [0.25, 0.3) is 0 Å². The maximum Gasteiger partial charge on any atom is 0.165 e. The number of alkyl halides is 1. The second kappa shape index (κ2) is 6.70. The van der Waals surface area contributed by atoms with E-state index in [4.69, 9.17) is 11.6 Å². The lowest BCUT2D eigenvalue weighted by Gasteiger charge is -2.14. The van der Waals surface area contributed by atoms with Crippen molar-refractivity contribution in [2.45, 2.75) is 38.5 Å². The van der Waals surface area contributed by atoms with E-state index in [1.807, 2.05) is 37.3 Å². The Morgan fingerprint density at radius 3 is 2.50 bits per heavy atom. The van der Waals surface area contributed by atoms with Gasteiger partial charge in [0.05, 0.1) is 0 Å². The second-order valence-corrected chi connectivity index (χ2v) is 4.87. The molecule has 2 heteroatoms. The molecule has 0 radical (unpaired) electrons. The van der Waals surface area contributed by atoms with Crippen molar-refractivity contribution in [3.05, 3.63) is 35.9 Å². The first-order chi connectivity index (χ1) is 7.65. The lowest BCUT2D eigenvalue weighted by atomic mass is 9.94. The average molecular weight is 239 g/mol. The fourth-order valence-corrected chi connectivity index (χ4v) is 2.29. The molecule has 0 N–H and O–H groups in total. The van der Waals surface area contributed by atoms with Crippen LogP contribution in [-0.4, -0.2) is 11.2 Å². The first kappa shape index (κ1) is 13.2. The Labute approximate surface area is 103 Å². The summed E-state index contributed by atoms with van der Waals surface area (Å²) in [5.41, 5.74) is 0.787. The van der Waals surface area contributed by atoms with Gasteiger partial charge in [0.25, 0.3) is 0 Å². The predicted octanol–water partition coefficient (Wildman–Crippen LogP) is 4.30. The van der Waals surface area contributed by atoms with Crippen LogP contribution >= 0.6 is 11.6 Å². The quantitative estimate of drug-likeness (QED) is 0.533. The van der Waals surface area contributed by atoms with Crippen molar-refractivity contribution in [2.75, 3.05) is 0 Å². The van der Waals surface area contributed by atoms with Crippen LogP contribution in [0.15, 0.2) is 30.3 Å². The van der Waals surface area contributed by atoms with Crippen molar-refractivity contribution < 1.29 is 4.79 Å². The van der Waals surface area contributed by atoms with Gasteiger partial charge >= 0.3 is 0 Å². The molecule has 0 fully saturated rings. The first-order valence-corrected chi connectivity index (χ1v) is 6.32. The summed E-state index contributed by atoms with van der Waals surface area (Å²) in [5.74, 6) is 0.207. The van der Waals surface area contributed by atoms with E-state index in [9.17, 15) is 4.79 Å². The number of halogens is 1. The molecule has 88 valence electrons. The number of hydrogen-bond acceptors (Lipinski definition) is 1. The zero-order valence-electron chi connectivity index (χ0n) is 9.95. The molecule has 16 heavy (non-hydrogen) atoms. The third-order valence-corrected chi connectivity index (χ3v) is 3.11. The van der Waals surface area contributed by atoms with E-state index >= 15 is 0 Å². The normalized spacial score (nSPS) is 14.4. The van der Waals surface area contributed by atoms with Gasteiger partial charge in [0.2, 0.25) is 0 Å². The molecule has 0 saturated heterocycles. The summed E-state index contributed by atoms with van der Waals surface area (Å²) < 4.78 is 0. The van der Waals surface area contributed by atoms with Crippen LogP contribution in [-0.2, 0) is 0 Å². The number of rotatable bonds is 6. The highest BCUT2D eigenvalue weighted by Gasteiger charge is 2.18. The lowest BCUT2D eigenvalue weighted by molar-refractivity contribution is 0.0923. The lowest BCUT2D eigenvalue weighted by Crippen LogP contribution is -2.15. The highest BCUT2D eigenvalue weighted by molar-refractivity contribution is 6.20. The molecular weight excluding hydrogens is 220 g/mol. The van der Waals surface area contributed by atoms with E-state index in [0.29, 0.717) is 0 Å². The Bertz CT molecular complexity index is 321. The van der Waals surface area contributed by atoms with Gasteiger partial charge in [-0.25, -0.2) is 0 Å². The highest BCUT2D eigenvalue weighted by Crippen LogP contribution is 2.19. The van der Waals surface area contributed by atoms with Crippen molar-refractivity contribution in [2.24, 2.45) is 5.92 Å². The summed E-state index contributed by atoms with van der Waals surface area (Å²) in [6.45, 7) is 4.07. The van der Waals surface area contributed by atoms with Gasteiger partial charge in [0.1, 0.15) is 0 Å². The Hall–Kier alpha value is -0.820. The molecule has 0 aromatic heterocycles. The van der Waals surface area contributed by atoms with Gasteiger partial charge in [0, 0.05) is 16.9 Å². The average Bonchev–Trinajstić information content (AvgIpc) is 2.29. The Morgan fingerprint density at radius 2 is 1.94 bits per heavy atom. The van der Waals surface area contributed by atoms with Crippen molar-refractivity contribution in [3.8, 4) is 0 Å². The molecule has 0 bridgehead atoms. The summed E-state index contributed by atoms with van der Waals surface area (Å²) in [7, 11) is 0. The fourth-order valence-electron chi connectivity index (χ4n) is 1.81. The van der Waals surface area contributed by atoms with Gasteiger partial charge in [-0.05, 0) is 12.8 Å². The molecule has 2 unspecified atom stereocenters. The zero-order valence-corrected chi connectivity index (χ0v) is 10.7. The molecule has 1 nitrogen and oxygen atoms in total. The third kappa shape index (κ3) is 3.97. The van der Waals surface area contributed by atoms with E-state index in [1.54, 1.807) is 0 Å². The largest absolute Gasteiger partial charge is 0.294 e. The standard InChI is InChI=1S/C14H19ClO/c1-3-7-13(15)10-11(2)14(16)12-8-5-4-6-9-12/h4-6,8-9,11,13H,3,7,10H2,1-2H3. The van der Waals surface area contributed by atoms with Crippen molar-refractivity contribution >= 4 is 17.4 Å². The molecule has 0 amide bonds. The predicted molar refractivity (Wildman–Crippen MR) is 69.1 cm³/mol. The Morgan fingerprint density at radius 1 is 1.31 bits per heavy atom. The summed E-state index contributed by atoms with van der Waals surface area (Å²) in [6.07, 6.45) is 2.82. The highest BCUT2D eigenvalue weighted by atomic mass is 35.5. The SMILES string of the molecule is CCCC(Cl)CC(C)C(=O)c1ccccc1. The Kier molecular flexibility index (Phi) is 5.54. The summed E-state index contributed by atoms with van der Waals surface area (Å²) in [6, 6.07) is 9.43. The molecule has 1 aromatic carbocycles. The minimum atomic E-state index is 0.0106. The summed E-state index contributed by atoms with van der Waals surface area (Å²) in [5, 5.41) is 0.118. The Balaban J connectivity index is 2.55. The number of Topliss-reactive ketones (excluding diaryl/α,β-unsaturated/α-hetero) is 1. The fraction of sp³-hybridized carbons (Fsp3) is 0.500. The number of ketones is 1. The van der Waals surface area contributed by atoms with Crippen LogP contribution in [0.5, 0.6) is 0 Å². The molecule has 1 rings (SSSR count). The van der Waals surface area contributed by atoms with Crippen LogP contribution in [0.1, 0.15) is 43.5 Å². The molecule has 1 aromatic rings. The maximum atomic E-state index is 12.0. The van der Waals surface area contributed by atoms with Gasteiger partial charge in [-0.3, -0.25) is 4.79 Å². The minimum Gasteiger partial charge on any atom is -0.294 e. The third-order valence-electron chi connectivity index (χ3n) is 2.72. The van der Waals surface area contributed by atoms with Crippen molar-refractivity contribution in [1.82, 2.24) is 0 Å². The molecule has 2 atom stereocenters. The number of carbonyl (C=O) groups is 1. The molecule has 0 aliphatic carbocycles. The first-order valence-electron chi connectivity index (χ1n) is 5.88. The van der Waals surface area contributed by atoms with Crippen molar-refractivity contribution in [1.29, 1.82) is 0 Å². The molecule has 0 saturated carbocycles. The van der Waals surface area contributed by atoms with Crippen LogP contribution < -0.4 is 0 Å². The monoisotopic (exact) mass is 238 g/mol. The van der Waals surface area contributed by atoms with E-state index in [0.717, 1.165) is 24.8 Å². The molecule has 0 heterocycles. The van der Waals surface area contributed by atoms with Crippen LogP contribution in [0.3, 0.4) is 0 Å². The molecular formula is C14H19ClO.